The van der Waals surface area contributed by atoms with Gasteiger partial charge in [0, 0.05) is 11.4 Å². The maximum atomic E-state index is 13.7. The van der Waals surface area contributed by atoms with Crippen LogP contribution in [0.25, 0.3) is 0 Å². The van der Waals surface area contributed by atoms with Gasteiger partial charge in [-0.3, -0.25) is 19.8 Å². The first-order valence-electron chi connectivity index (χ1n) is 14.3. The molecule has 2 heterocycles. The van der Waals surface area contributed by atoms with E-state index in [0.717, 1.165) is 16.7 Å². The van der Waals surface area contributed by atoms with E-state index in [-0.39, 0.29) is 23.9 Å². The lowest BCUT2D eigenvalue weighted by atomic mass is 10.0. The minimum atomic E-state index is -0.798. The molecule has 2 unspecified atom stereocenters. The summed E-state index contributed by atoms with van der Waals surface area (Å²) in [5.41, 5.74) is 2.92. The Hall–Kier alpha value is -4.57. The van der Waals surface area contributed by atoms with Crippen molar-refractivity contribution in [3.63, 3.8) is 0 Å². The van der Waals surface area contributed by atoms with Crippen LogP contribution < -0.4 is 10.6 Å². The van der Waals surface area contributed by atoms with Gasteiger partial charge in [-0.25, -0.2) is 9.59 Å². The average molecular weight is 614 g/mol. The van der Waals surface area contributed by atoms with E-state index < -0.39 is 35.2 Å². The lowest BCUT2D eigenvalue weighted by Gasteiger charge is -2.49. The summed E-state index contributed by atoms with van der Waals surface area (Å²) in [5, 5.41) is 5.08. The third kappa shape index (κ3) is 6.97. The van der Waals surface area contributed by atoms with Gasteiger partial charge in [0.25, 0.3) is 5.91 Å². The first-order chi connectivity index (χ1) is 21.0. The van der Waals surface area contributed by atoms with Crippen LogP contribution in [-0.2, 0) is 30.3 Å². The Balaban J connectivity index is 1.26. The van der Waals surface area contributed by atoms with Crippen LogP contribution in [0, 0.1) is 0 Å². The molecule has 2 N–H and O–H groups in total. The van der Waals surface area contributed by atoms with Crippen molar-refractivity contribution in [3.05, 3.63) is 113 Å². The molecule has 0 bridgehead atoms. The first kappa shape index (κ1) is 30.9. The van der Waals surface area contributed by atoms with Gasteiger partial charge in [-0.1, -0.05) is 78.9 Å². The van der Waals surface area contributed by atoms with Gasteiger partial charge < -0.3 is 14.8 Å². The number of hydrogen-bond acceptors (Lipinski definition) is 7. The second-order valence-electron chi connectivity index (χ2n) is 11.7. The number of fused-ring (bicyclic) bond motifs is 1. The number of nitrogens with one attached hydrogen (secondary N) is 2. The van der Waals surface area contributed by atoms with Crippen LogP contribution in [0.4, 0.5) is 10.5 Å². The summed E-state index contributed by atoms with van der Waals surface area (Å²) >= 11 is 1.48. The smallest absolute Gasteiger partial charge is 0.412 e. The van der Waals surface area contributed by atoms with Crippen molar-refractivity contribution in [2.75, 3.05) is 11.1 Å². The monoisotopic (exact) mass is 613 g/mol. The van der Waals surface area contributed by atoms with E-state index in [2.05, 4.69) is 10.6 Å². The van der Waals surface area contributed by atoms with Gasteiger partial charge in [-0.15, -0.1) is 11.8 Å². The van der Waals surface area contributed by atoms with Crippen molar-refractivity contribution in [3.8, 4) is 0 Å². The topological polar surface area (TPSA) is 114 Å². The predicted molar refractivity (Wildman–Crippen MR) is 169 cm³/mol. The molecular weight excluding hydrogens is 578 g/mol. The van der Waals surface area contributed by atoms with E-state index in [4.69, 9.17) is 9.47 Å². The molecule has 2 aliphatic heterocycles. The SMILES string of the molecule is CC1=C(C(=O)OC(c2ccccc2)c2ccccc2)N2C(=O)C(NC(=O)Cc3ccccc3NC(=O)OC(C)(C)C)C2SC1. The molecule has 1 saturated heterocycles. The predicted octanol–water partition coefficient (Wildman–Crippen LogP) is 5.58. The van der Waals surface area contributed by atoms with E-state index in [0.29, 0.717) is 17.0 Å². The molecule has 9 nitrogen and oxygen atoms in total. The lowest BCUT2D eigenvalue weighted by molar-refractivity contribution is -0.154. The molecule has 3 amide bonds. The molecule has 0 radical (unpaired) electrons. The Labute approximate surface area is 261 Å². The number of esters is 1. The van der Waals surface area contributed by atoms with Gasteiger partial charge in [0.15, 0.2) is 6.10 Å². The van der Waals surface area contributed by atoms with Gasteiger partial charge in [0.05, 0.1) is 6.42 Å². The zero-order chi connectivity index (χ0) is 31.4. The highest BCUT2D eigenvalue weighted by Crippen LogP contribution is 2.41. The Morgan fingerprint density at radius 1 is 0.932 bits per heavy atom. The van der Waals surface area contributed by atoms with Crippen molar-refractivity contribution in [1.29, 1.82) is 0 Å². The van der Waals surface area contributed by atoms with Crippen LogP contribution in [0.15, 0.2) is 96.2 Å². The molecule has 1 fully saturated rings. The Kier molecular flexibility index (Phi) is 9.10. The van der Waals surface area contributed by atoms with Crippen LogP contribution in [-0.4, -0.2) is 51.5 Å². The van der Waals surface area contributed by atoms with E-state index in [1.54, 1.807) is 45.0 Å². The van der Waals surface area contributed by atoms with Crippen LogP contribution in [0.5, 0.6) is 0 Å². The quantitative estimate of drug-likeness (QED) is 0.252. The van der Waals surface area contributed by atoms with Crippen molar-refractivity contribution in [1.82, 2.24) is 10.2 Å². The molecule has 2 aliphatic rings. The van der Waals surface area contributed by atoms with Crippen LogP contribution in [0.2, 0.25) is 0 Å². The molecule has 10 heteroatoms. The molecule has 44 heavy (non-hydrogen) atoms. The number of nitrogens with zero attached hydrogens (tertiary/aromatic N) is 1. The molecule has 0 aromatic heterocycles. The Bertz CT molecular complexity index is 1550. The van der Waals surface area contributed by atoms with Gasteiger partial charge >= 0.3 is 12.1 Å². The number of thioether (sulfide) groups is 1. The first-order valence-corrected chi connectivity index (χ1v) is 15.4. The van der Waals surface area contributed by atoms with E-state index in [1.807, 2.05) is 67.6 Å². The molecule has 0 spiro atoms. The fraction of sp³-hybridized carbons (Fsp3) is 0.294. The van der Waals surface area contributed by atoms with Crippen LogP contribution >= 0.6 is 11.8 Å². The standard InChI is InChI=1S/C34H35N3O6S/c1-21-20-44-31-27(36-26(38)19-24-17-11-12-18-25(24)35-33(41)43-34(2,3)4)30(39)37(31)28(21)32(40)42-29(22-13-7-5-8-14-22)23-15-9-6-10-16-23/h5-18,27,29,31H,19-20H2,1-4H3,(H,35,41)(H,36,38). The van der Waals surface area contributed by atoms with Gasteiger partial charge in [-0.05, 0) is 56.0 Å². The summed E-state index contributed by atoms with van der Waals surface area (Å²) < 4.78 is 11.4. The van der Waals surface area contributed by atoms with Crippen molar-refractivity contribution < 1.29 is 28.7 Å². The number of benzene rings is 3. The number of carbonyl (C=O) groups is 4. The summed E-state index contributed by atoms with van der Waals surface area (Å²) in [5.74, 6) is -0.843. The average Bonchev–Trinajstić information content (AvgIpc) is 2.99. The minimum Gasteiger partial charge on any atom is -0.448 e. The zero-order valence-corrected chi connectivity index (χ0v) is 25.9. The van der Waals surface area contributed by atoms with Crippen LogP contribution in [0.3, 0.4) is 0 Å². The highest BCUT2D eigenvalue weighted by molar-refractivity contribution is 8.00. The molecule has 2 atom stereocenters. The summed E-state index contributed by atoms with van der Waals surface area (Å²) in [7, 11) is 0. The number of hydrogen-bond donors (Lipinski definition) is 2. The fourth-order valence-corrected chi connectivity index (χ4v) is 6.41. The molecule has 3 aromatic carbocycles. The largest absolute Gasteiger partial charge is 0.448 e. The van der Waals surface area contributed by atoms with Crippen LogP contribution in [0.1, 0.15) is 50.5 Å². The Morgan fingerprint density at radius 2 is 1.52 bits per heavy atom. The molecular formula is C34H35N3O6S. The highest BCUT2D eigenvalue weighted by Gasteiger charge is 2.54. The summed E-state index contributed by atoms with van der Waals surface area (Å²) in [6.07, 6.45) is -1.34. The highest BCUT2D eigenvalue weighted by atomic mass is 32.2. The number of carbonyl (C=O) groups excluding carboxylic acids is 4. The van der Waals surface area contributed by atoms with E-state index >= 15 is 0 Å². The molecule has 0 saturated carbocycles. The molecule has 228 valence electrons. The maximum Gasteiger partial charge on any atom is 0.412 e. The number of ether oxygens (including phenoxy) is 2. The number of rotatable bonds is 8. The fourth-order valence-electron chi connectivity index (χ4n) is 5.12. The summed E-state index contributed by atoms with van der Waals surface area (Å²) in [6, 6.07) is 25.0. The number of para-hydroxylation sites is 1. The number of anilines is 1. The number of β-lactam (4-membered cyclic amide) rings is 1. The third-order valence-corrected chi connectivity index (χ3v) is 8.53. The van der Waals surface area contributed by atoms with E-state index in [9.17, 15) is 19.2 Å². The van der Waals surface area contributed by atoms with Gasteiger partial charge in [0.2, 0.25) is 5.91 Å². The van der Waals surface area contributed by atoms with Gasteiger partial charge in [-0.2, -0.15) is 0 Å². The van der Waals surface area contributed by atoms with Gasteiger partial charge in [0.1, 0.15) is 22.7 Å². The Morgan fingerprint density at radius 3 is 2.14 bits per heavy atom. The maximum absolute atomic E-state index is 13.7. The molecule has 3 aromatic rings. The van der Waals surface area contributed by atoms with Crippen molar-refractivity contribution in [2.24, 2.45) is 0 Å². The van der Waals surface area contributed by atoms with E-state index in [1.165, 1.54) is 16.7 Å². The molecule has 5 rings (SSSR count). The lowest BCUT2D eigenvalue weighted by Crippen LogP contribution is -2.70. The normalized spacial score (nSPS) is 17.8. The third-order valence-electron chi connectivity index (χ3n) is 7.10. The molecule has 0 aliphatic carbocycles. The van der Waals surface area contributed by atoms with Crippen molar-refractivity contribution >= 4 is 41.3 Å². The zero-order valence-electron chi connectivity index (χ0n) is 25.0. The second-order valence-corrected chi connectivity index (χ2v) is 12.8. The van der Waals surface area contributed by atoms with Crippen molar-refractivity contribution in [2.45, 2.75) is 57.2 Å². The second kappa shape index (κ2) is 13.0. The summed E-state index contributed by atoms with van der Waals surface area (Å²) in [4.78, 5) is 53.9. The number of amides is 3. The minimum absolute atomic E-state index is 0.0628. The summed E-state index contributed by atoms with van der Waals surface area (Å²) in [6.45, 7) is 7.11.